The topological polar surface area (TPSA) is 119 Å². The van der Waals surface area contributed by atoms with Crippen molar-refractivity contribution in [3.63, 3.8) is 0 Å². The van der Waals surface area contributed by atoms with Gasteiger partial charge in [0.25, 0.3) is 5.22 Å². The fourth-order valence-electron chi connectivity index (χ4n) is 3.43. The predicted octanol–water partition coefficient (Wildman–Crippen LogP) is 4.80. The van der Waals surface area contributed by atoms with E-state index in [1.807, 2.05) is 48.7 Å². The van der Waals surface area contributed by atoms with E-state index >= 15 is 0 Å². The van der Waals surface area contributed by atoms with Crippen molar-refractivity contribution in [2.75, 3.05) is 18.2 Å². The first-order valence-corrected chi connectivity index (χ1v) is 11.5. The smallest absolute Gasteiger partial charge is 0.276 e. The summed E-state index contributed by atoms with van der Waals surface area (Å²) in [6, 6.07) is 13.2. The highest BCUT2D eigenvalue weighted by molar-refractivity contribution is 7.99. The SMILES string of the molecule is COc1ccc(-c2nnc(SCCC(=O)Nc3c(C#N)c(C)c(C)n3Cc3ccco3)o2)cc1. The summed E-state index contributed by atoms with van der Waals surface area (Å²) in [4.78, 5) is 12.7. The van der Waals surface area contributed by atoms with Crippen molar-refractivity contribution in [2.45, 2.75) is 32.0 Å². The molecule has 10 heteroatoms. The molecular formula is C24H23N5O4S. The minimum Gasteiger partial charge on any atom is -0.497 e. The largest absolute Gasteiger partial charge is 0.497 e. The van der Waals surface area contributed by atoms with Gasteiger partial charge in [0.2, 0.25) is 11.8 Å². The molecule has 3 heterocycles. The highest BCUT2D eigenvalue weighted by atomic mass is 32.2. The van der Waals surface area contributed by atoms with Crippen molar-refractivity contribution in [3.05, 3.63) is 65.2 Å². The molecule has 0 saturated heterocycles. The molecule has 0 radical (unpaired) electrons. The van der Waals surface area contributed by atoms with Crippen LogP contribution in [0.1, 0.15) is 29.0 Å². The van der Waals surface area contributed by atoms with E-state index in [9.17, 15) is 10.1 Å². The molecule has 0 saturated carbocycles. The van der Waals surface area contributed by atoms with E-state index < -0.39 is 0 Å². The number of anilines is 1. The van der Waals surface area contributed by atoms with Gasteiger partial charge in [-0.3, -0.25) is 4.79 Å². The number of rotatable bonds is 9. The Morgan fingerprint density at radius 3 is 2.71 bits per heavy atom. The summed E-state index contributed by atoms with van der Waals surface area (Å²) in [7, 11) is 1.60. The molecule has 1 N–H and O–H groups in total. The zero-order chi connectivity index (χ0) is 24.1. The molecule has 1 amide bonds. The number of aromatic nitrogens is 3. The van der Waals surface area contributed by atoms with Crippen molar-refractivity contribution < 1.29 is 18.4 Å². The molecule has 4 aromatic rings. The van der Waals surface area contributed by atoms with Crippen LogP contribution in [-0.2, 0) is 11.3 Å². The van der Waals surface area contributed by atoms with E-state index in [0.29, 0.717) is 34.8 Å². The van der Waals surface area contributed by atoms with E-state index in [2.05, 4.69) is 21.6 Å². The number of ether oxygens (including phenoxy) is 1. The summed E-state index contributed by atoms with van der Waals surface area (Å²) in [5.74, 6) is 2.58. The van der Waals surface area contributed by atoms with Crippen LogP contribution >= 0.6 is 11.8 Å². The molecule has 3 aromatic heterocycles. The number of nitrogens with zero attached hydrogens (tertiary/aromatic N) is 4. The lowest BCUT2D eigenvalue weighted by Crippen LogP contribution is -2.17. The number of carbonyl (C=O) groups is 1. The van der Waals surface area contributed by atoms with Gasteiger partial charge in [0, 0.05) is 23.4 Å². The fourth-order valence-corrected chi connectivity index (χ4v) is 4.13. The molecule has 0 aliphatic heterocycles. The Hall–Kier alpha value is -3.97. The van der Waals surface area contributed by atoms with Crippen molar-refractivity contribution in [2.24, 2.45) is 0 Å². The summed E-state index contributed by atoms with van der Waals surface area (Å²) >= 11 is 1.30. The standard InChI is InChI=1S/C24H23N5O4S/c1-15-16(2)29(14-19-5-4-11-32-19)22(20(15)13-25)26-21(30)10-12-34-24-28-27-23(33-24)17-6-8-18(31-3)9-7-17/h4-9,11H,10,12,14H2,1-3H3,(H,26,30). The highest BCUT2D eigenvalue weighted by Gasteiger charge is 2.20. The number of benzene rings is 1. The van der Waals surface area contributed by atoms with Crippen LogP contribution in [0.2, 0.25) is 0 Å². The van der Waals surface area contributed by atoms with Crippen molar-refractivity contribution in [1.29, 1.82) is 5.26 Å². The second kappa shape index (κ2) is 10.3. The zero-order valence-electron chi connectivity index (χ0n) is 19.0. The number of methoxy groups -OCH3 is 1. The lowest BCUT2D eigenvalue weighted by atomic mass is 10.2. The molecule has 9 nitrogen and oxygen atoms in total. The maximum Gasteiger partial charge on any atom is 0.276 e. The number of thioether (sulfide) groups is 1. The van der Waals surface area contributed by atoms with Gasteiger partial charge in [0.15, 0.2) is 0 Å². The maximum absolute atomic E-state index is 12.7. The van der Waals surface area contributed by atoms with E-state index in [-0.39, 0.29) is 12.3 Å². The number of hydrogen-bond acceptors (Lipinski definition) is 8. The van der Waals surface area contributed by atoms with Crippen LogP contribution in [0.25, 0.3) is 11.5 Å². The summed E-state index contributed by atoms with van der Waals surface area (Å²) in [6.45, 7) is 4.20. The Balaban J connectivity index is 1.38. The second-order valence-corrected chi connectivity index (χ2v) is 8.51. The van der Waals surface area contributed by atoms with Crippen LogP contribution in [-0.4, -0.2) is 33.5 Å². The molecule has 174 valence electrons. The van der Waals surface area contributed by atoms with Gasteiger partial charge >= 0.3 is 0 Å². The van der Waals surface area contributed by atoms with Crippen LogP contribution in [0.5, 0.6) is 5.75 Å². The van der Waals surface area contributed by atoms with Gasteiger partial charge < -0.3 is 23.5 Å². The first-order valence-electron chi connectivity index (χ1n) is 10.5. The predicted molar refractivity (Wildman–Crippen MR) is 127 cm³/mol. The molecule has 1 aromatic carbocycles. The van der Waals surface area contributed by atoms with Gasteiger partial charge in [0.1, 0.15) is 23.4 Å². The molecule has 0 spiro atoms. The normalized spacial score (nSPS) is 10.8. The van der Waals surface area contributed by atoms with Gasteiger partial charge in [-0.1, -0.05) is 11.8 Å². The molecule has 34 heavy (non-hydrogen) atoms. The maximum atomic E-state index is 12.7. The first kappa shape index (κ1) is 23.2. The van der Waals surface area contributed by atoms with Crippen LogP contribution in [0.4, 0.5) is 5.82 Å². The molecule has 0 aliphatic carbocycles. The third kappa shape index (κ3) is 5.00. The van der Waals surface area contributed by atoms with E-state index in [1.54, 1.807) is 19.4 Å². The summed E-state index contributed by atoms with van der Waals surface area (Å²) in [5.41, 5.74) is 2.96. The van der Waals surface area contributed by atoms with E-state index in [0.717, 1.165) is 28.3 Å². The van der Waals surface area contributed by atoms with Gasteiger partial charge in [0.05, 0.1) is 25.5 Å². The van der Waals surface area contributed by atoms with Gasteiger partial charge in [-0.2, -0.15) is 5.26 Å². The first-order chi connectivity index (χ1) is 16.5. The number of carbonyl (C=O) groups excluding carboxylic acids is 1. The fraction of sp³-hybridized carbons (Fsp3) is 0.250. The third-order valence-electron chi connectivity index (χ3n) is 5.39. The van der Waals surface area contributed by atoms with E-state index in [4.69, 9.17) is 13.6 Å². The summed E-state index contributed by atoms with van der Waals surface area (Å²) in [5, 5.41) is 21.0. The minimum atomic E-state index is -0.211. The number of nitrogens with one attached hydrogen (secondary N) is 1. The molecule has 0 atom stereocenters. The number of nitriles is 1. The van der Waals surface area contributed by atoms with E-state index in [1.165, 1.54) is 11.8 Å². The average Bonchev–Trinajstić information content (AvgIpc) is 3.58. The monoisotopic (exact) mass is 477 g/mol. The average molecular weight is 478 g/mol. The Kier molecular flexibility index (Phi) is 7.04. The Morgan fingerprint density at radius 2 is 2.03 bits per heavy atom. The van der Waals surface area contributed by atoms with Crippen LogP contribution in [0, 0.1) is 25.2 Å². The number of furan rings is 1. The zero-order valence-corrected chi connectivity index (χ0v) is 19.8. The Morgan fingerprint density at radius 1 is 1.24 bits per heavy atom. The second-order valence-electron chi connectivity index (χ2n) is 7.46. The molecule has 0 aliphatic rings. The molecule has 4 rings (SSSR count). The lowest BCUT2D eigenvalue weighted by Gasteiger charge is -2.11. The summed E-state index contributed by atoms with van der Waals surface area (Å²) in [6.07, 6.45) is 1.80. The Bertz CT molecular complexity index is 1320. The van der Waals surface area contributed by atoms with Crippen LogP contribution in [0.3, 0.4) is 0 Å². The lowest BCUT2D eigenvalue weighted by molar-refractivity contribution is -0.115. The molecule has 0 unspecified atom stereocenters. The molecule has 0 bridgehead atoms. The van der Waals surface area contributed by atoms with Gasteiger partial charge in [-0.25, -0.2) is 0 Å². The van der Waals surface area contributed by atoms with Gasteiger partial charge in [-0.05, 0) is 55.8 Å². The van der Waals surface area contributed by atoms with Crippen LogP contribution < -0.4 is 10.1 Å². The van der Waals surface area contributed by atoms with Gasteiger partial charge in [-0.15, -0.1) is 10.2 Å². The molecular weight excluding hydrogens is 454 g/mol. The Labute approximate surface area is 200 Å². The quantitative estimate of drug-likeness (QED) is 0.342. The van der Waals surface area contributed by atoms with Crippen molar-refractivity contribution in [3.8, 4) is 23.3 Å². The van der Waals surface area contributed by atoms with Crippen molar-refractivity contribution >= 4 is 23.5 Å². The van der Waals surface area contributed by atoms with Crippen LogP contribution in [0.15, 0.2) is 56.7 Å². The summed E-state index contributed by atoms with van der Waals surface area (Å²) < 4.78 is 18.2. The van der Waals surface area contributed by atoms with Crippen molar-refractivity contribution in [1.82, 2.24) is 14.8 Å². The number of amides is 1. The third-order valence-corrected chi connectivity index (χ3v) is 6.21. The molecule has 0 fully saturated rings. The highest BCUT2D eigenvalue weighted by Crippen LogP contribution is 2.28. The minimum absolute atomic E-state index is 0.208. The number of hydrogen-bond donors (Lipinski definition) is 1.